The Balaban J connectivity index is 2.20. The number of nitrogens with zero attached hydrogens (tertiary/aromatic N) is 2. The van der Waals surface area contributed by atoms with E-state index in [1.54, 1.807) is 18.2 Å². The third-order valence-electron chi connectivity index (χ3n) is 3.02. The lowest BCUT2D eigenvalue weighted by molar-refractivity contribution is -0.385. The molecule has 2 N–H and O–H groups in total. The highest BCUT2D eigenvalue weighted by Gasteiger charge is 2.17. The highest BCUT2D eigenvalue weighted by atomic mass is 79.9. The van der Waals surface area contributed by atoms with Gasteiger partial charge in [-0.3, -0.25) is 14.9 Å². The number of aryl methyl sites for hydroxylation is 1. The van der Waals surface area contributed by atoms with Gasteiger partial charge in [-0.2, -0.15) is 5.10 Å². The molecule has 1 amide bonds. The summed E-state index contributed by atoms with van der Waals surface area (Å²) in [4.78, 5) is 22.1. The van der Waals surface area contributed by atoms with Crippen LogP contribution >= 0.6 is 27.5 Å². The third-order valence-corrected chi connectivity index (χ3v) is 3.79. The van der Waals surface area contributed by atoms with Gasteiger partial charge in [0.05, 0.1) is 21.7 Å². The van der Waals surface area contributed by atoms with Gasteiger partial charge in [0, 0.05) is 16.1 Å². The first-order chi connectivity index (χ1) is 11.3. The zero-order valence-electron chi connectivity index (χ0n) is 12.3. The molecule has 0 heterocycles. The first kappa shape index (κ1) is 17.9. The molecule has 7 nitrogen and oxygen atoms in total. The van der Waals surface area contributed by atoms with Crippen molar-refractivity contribution >= 4 is 45.3 Å². The van der Waals surface area contributed by atoms with Crippen molar-refractivity contribution in [3.63, 3.8) is 0 Å². The highest BCUT2D eigenvalue weighted by molar-refractivity contribution is 9.10. The SMILES string of the molecule is Cc1ccc(C(=O)N/N=C/c2cc(Br)cc([N+](=O)[O-])c2O)c(Cl)c1. The predicted molar refractivity (Wildman–Crippen MR) is 93.7 cm³/mol. The van der Waals surface area contributed by atoms with Gasteiger partial charge in [-0.15, -0.1) is 0 Å². The Kier molecular flexibility index (Phi) is 5.53. The maximum atomic E-state index is 12.0. The zero-order valence-corrected chi connectivity index (χ0v) is 14.6. The van der Waals surface area contributed by atoms with Gasteiger partial charge in [0.25, 0.3) is 5.91 Å². The fourth-order valence-corrected chi connectivity index (χ4v) is 2.65. The van der Waals surface area contributed by atoms with E-state index >= 15 is 0 Å². The lowest BCUT2D eigenvalue weighted by atomic mass is 10.1. The van der Waals surface area contributed by atoms with Crippen LogP contribution in [0.3, 0.4) is 0 Å². The molecule has 0 aliphatic rings. The minimum absolute atomic E-state index is 0.0754. The number of halogens is 2. The lowest BCUT2D eigenvalue weighted by Gasteiger charge is -2.04. The van der Waals surface area contributed by atoms with Crippen molar-refractivity contribution < 1.29 is 14.8 Å². The molecular formula is C15H11BrClN3O4. The van der Waals surface area contributed by atoms with E-state index in [1.807, 2.05) is 6.92 Å². The van der Waals surface area contributed by atoms with Crippen LogP contribution in [0.4, 0.5) is 5.69 Å². The molecule has 0 aromatic heterocycles. The Bertz CT molecular complexity index is 855. The van der Waals surface area contributed by atoms with Crippen LogP contribution in [0, 0.1) is 17.0 Å². The molecule has 9 heteroatoms. The Labute approximate surface area is 150 Å². The molecule has 2 rings (SSSR count). The van der Waals surface area contributed by atoms with Crippen molar-refractivity contribution in [3.8, 4) is 5.75 Å². The average Bonchev–Trinajstić information content (AvgIpc) is 2.49. The van der Waals surface area contributed by atoms with Crippen LogP contribution in [0.25, 0.3) is 0 Å². The van der Waals surface area contributed by atoms with E-state index in [0.717, 1.165) is 17.8 Å². The molecule has 0 spiro atoms. The number of phenols is 1. The van der Waals surface area contributed by atoms with Crippen LogP contribution in [0.1, 0.15) is 21.5 Å². The van der Waals surface area contributed by atoms with Gasteiger partial charge in [-0.25, -0.2) is 5.43 Å². The fraction of sp³-hybridized carbons (Fsp3) is 0.0667. The molecule has 0 atom stereocenters. The molecule has 0 aliphatic carbocycles. The smallest absolute Gasteiger partial charge is 0.312 e. The van der Waals surface area contributed by atoms with Crippen molar-refractivity contribution in [2.24, 2.45) is 5.10 Å². The molecule has 0 aliphatic heterocycles. The molecule has 0 unspecified atom stereocenters. The van der Waals surface area contributed by atoms with Crippen LogP contribution in [0.5, 0.6) is 5.75 Å². The average molecular weight is 413 g/mol. The maximum absolute atomic E-state index is 12.0. The van der Waals surface area contributed by atoms with Gasteiger partial charge < -0.3 is 5.11 Å². The fourth-order valence-electron chi connectivity index (χ4n) is 1.87. The summed E-state index contributed by atoms with van der Waals surface area (Å²) in [5.41, 5.74) is 3.00. The minimum atomic E-state index is -0.720. The number of nitro groups is 1. The number of amides is 1. The van der Waals surface area contributed by atoms with E-state index in [0.29, 0.717) is 4.47 Å². The predicted octanol–water partition coefficient (Wildman–Crippen LogP) is 3.79. The Morgan fingerprint density at radius 2 is 2.12 bits per heavy atom. The number of hydrazone groups is 1. The van der Waals surface area contributed by atoms with Gasteiger partial charge in [0.2, 0.25) is 5.75 Å². The van der Waals surface area contributed by atoms with E-state index < -0.39 is 22.3 Å². The molecule has 0 saturated carbocycles. The molecule has 2 aromatic rings. The van der Waals surface area contributed by atoms with Crippen molar-refractivity contribution in [2.45, 2.75) is 6.92 Å². The largest absolute Gasteiger partial charge is 0.502 e. The van der Waals surface area contributed by atoms with Gasteiger partial charge in [0.1, 0.15) is 0 Å². The number of aromatic hydroxyl groups is 1. The lowest BCUT2D eigenvalue weighted by Crippen LogP contribution is -2.18. The summed E-state index contributed by atoms with van der Waals surface area (Å²) in [6, 6.07) is 7.52. The van der Waals surface area contributed by atoms with E-state index in [9.17, 15) is 20.0 Å². The molecule has 24 heavy (non-hydrogen) atoms. The van der Waals surface area contributed by atoms with E-state index in [4.69, 9.17) is 11.6 Å². The van der Waals surface area contributed by atoms with Crippen LogP contribution in [-0.2, 0) is 0 Å². The van der Waals surface area contributed by atoms with Crippen molar-refractivity contribution in [1.29, 1.82) is 0 Å². The van der Waals surface area contributed by atoms with Gasteiger partial charge in [0.15, 0.2) is 0 Å². The second-order valence-corrected chi connectivity index (χ2v) is 6.13. The summed E-state index contributed by atoms with van der Waals surface area (Å²) in [6.45, 7) is 1.84. The van der Waals surface area contributed by atoms with Gasteiger partial charge >= 0.3 is 5.69 Å². The highest BCUT2D eigenvalue weighted by Crippen LogP contribution is 2.32. The zero-order chi connectivity index (χ0) is 17.9. The van der Waals surface area contributed by atoms with Gasteiger partial charge in [-0.1, -0.05) is 33.6 Å². The Morgan fingerprint density at radius 1 is 1.42 bits per heavy atom. The minimum Gasteiger partial charge on any atom is -0.502 e. The Hall–Kier alpha value is -2.45. The number of carbonyl (C=O) groups excluding carboxylic acids is 1. The normalized spacial score (nSPS) is 10.8. The van der Waals surface area contributed by atoms with Crippen LogP contribution in [-0.4, -0.2) is 22.2 Å². The standard InChI is InChI=1S/C15H11BrClN3O4/c1-8-2-3-11(12(17)4-8)15(22)19-18-7-9-5-10(16)6-13(14(9)21)20(23)24/h2-7,21H,1H3,(H,19,22)/b18-7+. The van der Waals surface area contributed by atoms with Crippen LogP contribution < -0.4 is 5.43 Å². The quantitative estimate of drug-likeness (QED) is 0.453. The van der Waals surface area contributed by atoms with Crippen molar-refractivity contribution in [2.75, 3.05) is 0 Å². The molecule has 0 fully saturated rings. The van der Waals surface area contributed by atoms with Crippen LogP contribution in [0.15, 0.2) is 39.9 Å². The molecule has 0 radical (unpaired) electrons. The number of phenolic OH excluding ortho intramolecular Hbond substituents is 1. The summed E-state index contributed by atoms with van der Waals surface area (Å²) < 4.78 is 0.390. The second-order valence-electron chi connectivity index (χ2n) is 4.80. The number of carbonyl (C=O) groups is 1. The summed E-state index contributed by atoms with van der Waals surface area (Å²) in [7, 11) is 0. The van der Waals surface area contributed by atoms with E-state index in [-0.39, 0.29) is 16.1 Å². The molecule has 0 bridgehead atoms. The number of benzene rings is 2. The first-order valence-electron chi connectivity index (χ1n) is 6.56. The monoisotopic (exact) mass is 411 g/mol. The van der Waals surface area contributed by atoms with Crippen molar-refractivity contribution in [3.05, 3.63) is 66.6 Å². The number of nitro benzene ring substituents is 1. The molecule has 0 saturated heterocycles. The summed E-state index contributed by atoms with van der Waals surface area (Å²) in [5.74, 6) is -1.09. The third kappa shape index (κ3) is 4.09. The maximum Gasteiger partial charge on any atom is 0.312 e. The number of hydrogen-bond acceptors (Lipinski definition) is 5. The topological polar surface area (TPSA) is 105 Å². The Morgan fingerprint density at radius 3 is 2.75 bits per heavy atom. The number of rotatable bonds is 4. The number of hydrogen-bond donors (Lipinski definition) is 2. The summed E-state index contributed by atoms with van der Waals surface area (Å²) in [6.07, 6.45) is 1.10. The second kappa shape index (κ2) is 7.41. The number of nitrogens with one attached hydrogen (secondary N) is 1. The molecule has 124 valence electrons. The van der Waals surface area contributed by atoms with Crippen molar-refractivity contribution in [1.82, 2.24) is 5.43 Å². The molecular weight excluding hydrogens is 402 g/mol. The van der Waals surface area contributed by atoms with E-state index in [2.05, 4.69) is 26.5 Å². The van der Waals surface area contributed by atoms with E-state index in [1.165, 1.54) is 6.07 Å². The first-order valence-corrected chi connectivity index (χ1v) is 7.73. The van der Waals surface area contributed by atoms with Crippen LogP contribution in [0.2, 0.25) is 5.02 Å². The summed E-state index contributed by atoms with van der Waals surface area (Å²) in [5, 5.41) is 24.7. The summed E-state index contributed by atoms with van der Waals surface area (Å²) >= 11 is 9.10. The molecule has 2 aromatic carbocycles. The van der Waals surface area contributed by atoms with Gasteiger partial charge in [-0.05, 0) is 30.7 Å².